The largest absolute Gasteiger partial charge is 0.373 e. The Balaban J connectivity index is 1.84. The highest BCUT2D eigenvalue weighted by Gasteiger charge is 2.31. The molecule has 0 saturated carbocycles. The second-order valence-corrected chi connectivity index (χ2v) is 10.0. The molecule has 1 atom stereocenters. The summed E-state index contributed by atoms with van der Waals surface area (Å²) < 4.78 is 6.29. The molecule has 2 aromatic carbocycles. The summed E-state index contributed by atoms with van der Waals surface area (Å²) in [6.07, 6.45) is 1.05. The van der Waals surface area contributed by atoms with Gasteiger partial charge in [-0.25, -0.2) is 0 Å². The van der Waals surface area contributed by atoms with Crippen LogP contribution in [0.4, 0.5) is 0 Å². The van der Waals surface area contributed by atoms with E-state index in [9.17, 15) is 9.59 Å². The smallest absolute Gasteiger partial charge is 0.194 e. The highest BCUT2D eigenvalue weighted by atomic mass is 16.5. The van der Waals surface area contributed by atoms with Crippen LogP contribution in [-0.4, -0.2) is 17.7 Å². The van der Waals surface area contributed by atoms with E-state index in [-0.39, 0.29) is 28.5 Å². The molecule has 1 aliphatic rings. The van der Waals surface area contributed by atoms with Crippen LogP contribution >= 0.6 is 0 Å². The van der Waals surface area contributed by atoms with Crippen LogP contribution in [0.1, 0.15) is 85.4 Å². The fraction of sp³-hybridized carbons (Fsp3) is 0.440. The maximum absolute atomic E-state index is 12.9. The number of carbonyl (C=O) groups excluding carboxylic acids is 2. The molecule has 3 nitrogen and oxygen atoms in total. The molecule has 0 spiro atoms. The number of ether oxygens (including phenoxy) is 1. The van der Waals surface area contributed by atoms with Gasteiger partial charge in [0.1, 0.15) is 0 Å². The molecule has 0 fully saturated rings. The monoisotopic (exact) mass is 378 g/mol. The fourth-order valence-electron chi connectivity index (χ4n) is 3.60. The number of ketones is 2. The van der Waals surface area contributed by atoms with Crippen LogP contribution in [-0.2, 0) is 11.3 Å². The Labute approximate surface area is 168 Å². The maximum atomic E-state index is 12.9. The molecule has 0 aromatic heterocycles. The summed E-state index contributed by atoms with van der Waals surface area (Å²) in [6.45, 7) is 13.6. The van der Waals surface area contributed by atoms with Gasteiger partial charge in [-0.1, -0.05) is 71.9 Å². The summed E-state index contributed by atoms with van der Waals surface area (Å²) in [5.41, 5.74) is 3.04. The highest BCUT2D eigenvalue weighted by Crippen LogP contribution is 2.34. The van der Waals surface area contributed by atoms with E-state index in [1.165, 1.54) is 0 Å². The fourth-order valence-corrected chi connectivity index (χ4v) is 3.60. The van der Waals surface area contributed by atoms with E-state index in [1.54, 1.807) is 30.3 Å². The Kier molecular flexibility index (Phi) is 5.33. The molecule has 1 unspecified atom stereocenters. The normalized spacial score (nSPS) is 15.2. The number of rotatable bonds is 4. The lowest BCUT2D eigenvalue weighted by molar-refractivity contribution is -0.0497. The van der Waals surface area contributed by atoms with Crippen molar-refractivity contribution >= 4 is 11.6 Å². The number of benzene rings is 2. The van der Waals surface area contributed by atoms with Crippen molar-refractivity contribution in [3.8, 4) is 0 Å². The predicted molar refractivity (Wildman–Crippen MR) is 112 cm³/mol. The van der Waals surface area contributed by atoms with E-state index in [1.807, 2.05) is 12.1 Å². The molecule has 0 bridgehead atoms. The molecule has 0 aliphatic heterocycles. The summed E-state index contributed by atoms with van der Waals surface area (Å²) in [6, 6.07) is 12.5. The van der Waals surface area contributed by atoms with Crippen LogP contribution < -0.4 is 0 Å². The molecular formula is C25H30O3. The van der Waals surface area contributed by atoms with Gasteiger partial charge in [0.15, 0.2) is 11.6 Å². The second kappa shape index (κ2) is 7.29. The van der Waals surface area contributed by atoms with Crippen LogP contribution in [0.2, 0.25) is 0 Å². The third kappa shape index (κ3) is 4.25. The molecule has 0 N–H and O–H groups in total. The molecular weight excluding hydrogens is 348 g/mol. The standard InChI is InChI=1S/C25H30O3/c1-24(2,3)14-21(25(4,5)6)28-15-16-11-12-19-20(13-16)23(27)18-10-8-7-9-17(18)22(19)26/h7-13,21H,14-15H2,1-6H3. The first-order valence-corrected chi connectivity index (χ1v) is 9.90. The summed E-state index contributed by atoms with van der Waals surface area (Å²) in [5.74, 6) is -0.174. The lowest BCUT2D eigenvalue weighted by Crippen LogP contribution is -2.33. The van der Waals surface area contributed by atoms with Gasteiger partial charge in [-0.2, -0.15) is 0 Å². The molecule has 0 amide bonds. The molecule has 2 aromatic rings. The van der Waals surface area contributed by atoms with Crippen LogP contribution in [0.25, 0.3) is 0 Å². The van der Waals surface area contributed by atoms with Crippen molar-refractivity contribution in [1.82, 2.24) is 0 Å². The van der Waals surface area contributed by atoms with Gasteiger partial charge in [0, 0.05) is 22.3 Å². The van der Waals surface area contributed by atoms with Crippen LogP contribution in [0.5, 0.6) is 0 Å². The van der Waals surface area contributed by atoms with Crippen molar-refractivity contribution in [3.63, 3.8) is 0 Å². The Morgan fingerprint density at radius 2 is 1.32 bits per heavy atom. The summed E-state index contributed by atoms with van der Waals surface area (Å²) >= 11 is 0. The minimum atomic E-state index is -0.0888. The van der Waals surface area contributed by atoms with Crippen LogP contribution in [0.15, 0.2) is 42.5 Å². The minimum absolute atomic E-state index is 0.0201. The third-order valence-electron chi connectivity index (χ3n) is 5.20. The first-order chi connectivity index (χ1) is 13.0. The van der Waals surface area contributed by atoms with Crippen LogP contribution in [0, 0.1) is 10.8 Å². The zero-order chi connectivity index (χ0) is 20.7. The first kappa shape index (κ1) is 20.5. The SMILES string of the molecule is CC(C)(C)CC(OCc1ccc2c(c1)C(=O)c1ccccc1C2=O)C(C)(C)C. The van der Waals surface area contributed by atoms with Crippen molar-refractivity contribution in [2.45, 2.75) is 60.7 Å². The van der Waals surface area contributed by atoms with Crippen molar-refractivity contribution in [2.24, 2.45) is 10.8 Å². The zero-order valence-electron chi connectivity index (χ0n) is 17.8. The van der Waals surface area contributed by atoms with Gasteiger partial charge in [-0.3, -0.25) is 9.59 Å². The van der Waals surface area contributed by atoms with E-state index in [4.69, 9.17) is 4.74 Å². The van der Waals surface area contributed by atoms with E-state index in [0.29, 0.717) is 28.9 Å². The maximum Gasteiger partial charge on any atom is 0.194 e. The number of fused-ring (bicyclic) bond motifs is 2. The number of carbonyl (C=O) groups is 2. The van der Waals surface area contributed by atoms with Gasteiger partial charge in [-0.05, 0) is 34.9 Å². The van der Waals surface area contributed by atoms with E-state index < -0.39 is 0 Å². The Morgan fingerprint density at radius 1 is 0.786 bits per heavy atom. The summed E-state index contributed by atoms with van der Waals surface area (Å²) in [4.78, 5) is 25.6. The Hall–Kier alpha value is -2.26. The molecule has 1 aliphatic carbocycles. The summed E-state index contributed by atoms with van der Waals surface area (Å²) in [5, 5.41) is 0. The molecule has 3 heteroatoms. The quantitative estimate of drug-likeness (QED) is 0.574. The average Bonchev–Trinajstić information content (AvgIpc) is 2.61. The molecule has 0 saturated heterocycles. The lowest BCUT2D eigenvalue weighted by Gasteiger charge is -2.35. The van der Waals surface area contributed by atoms with E-state index >= 15 is 0 Å². The summed E-state index contributed by atoms with van der Waals surface area (Å²) in [7, 11) is 0. The lowest BCUT2D eigenvalue weighted by atomic mass is 9.78. The predicted octanol–water partition coefficient (Wildman–Crippen LogP) is 5.83. The number of hydrogen-bond donors (Lipinski definition) is 0. The van der Waals surface area contributed by atoms with Crippen LogP contribution in [0.3, 0.4) is 0 Å². The van der Waals surface area contributed by atoms with Crippen molar-refractivity contribution in [1.29, 1.82) is 0 Å². The zero-order valence-corrected chi connectivity index (χ0v) is 17.8. The van der Waals surface area contributed by atoms with Gasteiger partial charge in [0.2, 0.25) is 0 Å². The topological polar surface area (TPSA) is 43.4 Å². The Morgan fingerprint density at radius 3 is 1.86 bits per heavy atom. The van der Waals surface area contributed by atoms with Gasteiger partial charge in [-0.15, -0.1) is 0 Å². The van der Waals surface area contributed by atoms with Gasteiger partial charge < -0.3 is 4.74 Å². The first-order valence-electron chi connectivity index (χ1n) is 9.90. The van der Waals surface area contributed by atoms with Gasteiger partial charge >= 0.3 is 0 Å². The van der Waals surface area contributed by atoms with E-state index in [0.717, 1.165) is 12.0 Å². The molecule has 3 rings (SSSR count). The molecule has 0 radical (unpaired) electrons. The molecule has 148 valence electrons. The van der Waals surface area contributed by atoms with Gasteiger partial charge in [0.25, 0.3) is 0 Å². The second-order valence-electron chi connectivity index (χ2n) is 10.0. The number of hydrogen-bond acceptors (Lipinski definition) is 3. The van der Waals surface area contributed by atoms with Crippen molar-refractivity contribution in [2.75, 3.05) is 0 Å². The van der Waals surface area contributed by atoms with Crippen molar-refractivity contribution in [3.05, 3.63) is 70.3 Å². The van der Waals surface area contributed by atoms with Crippen molar-refractivity contribution < 1.29 is 14.3 Å². The highest BCUT2D eigenvalue weighted by molar-refractivity contribution is 6.28. The van der Waals surface area contributed by atoms with Gasteiger partial charge in [0.05, 0.1) is 12.7 Å². The molecule has 28 heavy (non-hydrogen) atoms. The Bertz CT molecular complexity index is 910. The van der Waals surface area contributed by atoms with E-state index in [2.05, 4.69) is 41.5 Å². The average molecular weight is 379 g/mol. The third-order valence-corrected chi connectivity index (χ3v) is 5.20. The minimum Gasteiger partial charge on any atom is -0.373 e. The molecule has 0 heterocycles.